The van der Waals surface area contributed by atoms with E-state index in [1.54, 1.807) is 25.3 Å². The van der Waals surface area contributed by atoms with Crippen LogP contribution < -0.4 is 19.5 Å². The fraction of sp³-hybridized carbons (Fsp3) is 0.130. The van der Waals surface area contributed by atoms with Crippen LogP contribution in [0, 0.1) is 0 Å². The van der Waals surface area contributed by atoms with Crippen LogP contribution in [0.25, 0.3) is 11.0 Å². The molecule has 2 N–H and O–H groups in total. The van der Waals surface area contributed by atoms with Gasteiger partial charge in [0.1, 0.15) is 11.5 Å². The first kappa shape index (κ1) is 21.4. The van der Waals surface area contributed by atoms with Crippen molar-refractivity contribution in [1.82, 2.24) is 9.97 Å². The Labute approximate surface area is 186 Å². The van der Waals surface area contributed by atoms with Gasteiger partial charge in [0, 0.05) is 12.1 Å². The molecule has 164 valence electrons. The zero-order valence-electron chi connectivity index (χ0n) is 17.6. The smallest absolute Gasteiger partial charge is 0.263 e. The second kappa shape index (κ2) is 9.11. The van der Waals surface area contributed by atoms with Crippen molar-refractivity contribution in [2.75, 3.05) is 24.3 Å². The molecule has 1 heterocycles. The standard InChI is InChI=1S/C23H22N4O4S/c1-30-17-11-13-18(14-12-17)32(28,29)27-23-22(25-19-8-4-5-9-20(19)26-23)24-15-16-7-3-6-10-21(16)31-2/h3-14H,15H2,1-2H3,(H,24,25)(H,26,27). The maximum atomic E-state index is 13.0. The summed E-state index contributed by atoms with van der Waals surface area (Å²) in [5.41, 5.74) is 2.11. The van der Waals surface area contributed by atoms with E-state index in [4.69, 9.17) is 9.47 Å². The van der Waals surface area contributed by atoms with E-state index >= 15 is 0 Å². The molecule has 32 heavy (non-hydrogen) atoms. The molecule has 0 aliphatic heterocycles. The molecule has 0 bridgehead atoms. The number of hydrogen-bond donors (Lipinski definition) is 2. The predicted molar refractivity (Wildman–Crippen MR) is 124 cm³/mol. The largest absolute Gasteiger partial charge is 0.497 e. The summed E-state index contributed by atoms with van der Waals surface area (Å²) in [4.78, 5) is 9.18. The van der Waals surface area contributed by atoms with Crippen LogP contribution in [0.2, 0.25) is 0 Å². The molecule has 0 amide bonds. The molecule has 4 rings (SSSR count). The Balaban J connectivity index is 1.69. The van der Waals surface area contributed by atoms with Crippen molar-refractivity contribution >= 4 is 32.7 Å². The van der Waals surface area contributed by atoms with Crippen molar-refractivity contribution < 1.29 is 17.9 Å². The Bertz CT molecular complexity index is 1340. The van der Waals surface area contributed by atoms with Gasteiger partial charge in [-0.15, -0.1) is 0 Å². The van der Waals surface area contributed by atoms with Gasteiger partial charge in [0.2, 0.25) is 0 Å². The number of anilines is 2. The molecule has 0 unspecified atom stereocenters. The van der Waals surface area contributed by atoms with Crippen LogP contribution >= 0.6 is 0 Å². The summed E-state index contributed by atoms with van der Waals surface area (Å²) >= 11 is 0. The van der Waals surface area contributed by atoms with Crippen LogP contribution in [0.15, 0.2) is 77.7 Å². The van der Waals surface area contributed by atoms with E-state index in [1.807, 2.05) is 42.5 Å². The number of para-hydroxylation sites is 3. The Kier molecular flexibility index (Phi) is 6.09. The Morgan fingerprint density at radius 3 is 2.06 bits per heavy atom. The lowest BCUT2D eigenvalue weighted by Gasteiger charge is -2.15. The van der Waals surface area contributed by atoms with E-state index in [9.17, 15) is 8.42 Å². The highest BCUT2D eigenvalue weighted by molar-refractivity contribution is 7.92. The number of fused-ring (bicyclic) bond motifs is 1. The highest BCUT2D eigenvalue weighted by Gasteiger charge is 2.19. The maximum Gasteiger partial charge on any atom is 0.263 e. The quantitative estimate of drug-likeness (QED) is 0.417. The monoisotopic (exact) mass is 450 g/mol. The van der Waals surface area contributed by atoms with Gasteiger partial charge in [0.25, 0.3) is 10.0 Å². The third-order valence-electron chi connectivity index (χ3n) is 4.81. The number of sulfonamides is 1. The van der Waals surface area contributed by atoms with Gasteiger partial charge >= 0.3 is 0 Å². The van der Waals surface area contributed by atoms with Crippen LogP contribution in [0.3, 0.4) is 0 Å². The predicted octanol–water partition coefficient (Wildman–Crippen LogP) is 4.06. The van der Waals surface area contributed by atoms with E-state index in [2.05, 4.69) is 20.0 Å². The summed E-state index contributed by atoms with van der Waals surface area (Å²) in [6.45, 7) is 0.369. The van der Waals surface area contributed by atoms with E-state index < -0.39 is 10.0 Å². The van der Waals surface area contributed by atoms with Gasteiger partial charge in [-0.25, -0.2) is 18.4 Å². The van der Waals surface area contributed by atoms with Gasteiger partial charge in [0.15, 0.2) is 11.6 Å². The summed E-state index contributed by atoms with van der Waals surface area (Å²) in [6.07, 6.45) is 0. The molecule has 9 heteroatoms. The van der Waals surface area contributed by atoms with E-state index in [0.717, 1.165) is 5.56 Å². The van der Waals surface area contributed by atoms with Gasteiger partial charge in [-0.1, -0.05) is 30.3 Å². The number of ether oxygens (including phenoxy) is 2. The highest BCUT2D eigenvalue weighted by atomic mass is 32.2. The summed E-state index contributed by atoms with van der Waals surface area (Å²) in [5.74, 6) is 1.70. The maximum absolute atomic E-state index is 13.0. The molecule has 1 aromatic heterocycles. The first-order valence-electron chi connectivity index (χ1n) is 9.79. The third-order valence-corrected chi connectivity index (χ3v) is 6.16. The molecule has 0 aliphatic rings. The number of methoxy groups -OCH3 is 2. The molecule has 0 atom stereocenters. The minimum atomic E-state index is -3.90. The Morgan fingerprint density at radius 1 is 0.781 bits per heavy atom. The van der Waals surface area contributed by atoms with Crippen molar-refractivity contribution in [3.8, 4) is 11.5 Å². The number of nitrogens with one attached hydrogen (secondary N) is 2. The minimum Gasteiger partial charge on any atom is -0.497 e. The molecule has 0 aliphatic carbocycles. The van der Waals surface area contributed by atoms with Gasteiger partial charge in [-0.3, -0.25) is 4.72 Å². The molecular formula is C23H22N4O4S. The van der Waals surface area contributed by atoms with Crippen molar-refractivity contribution in [3.05, 3.63) is 78.4 Å². The fourth-order valence-corrected chi connectivity index (χ4v) is 4.17. The molecule has 0 radical (unpaired) electrons. The molecule has 0 saturated heterocycles. The first-order valence-corrected chi connectivity index (χ1v) is 11.3. The zero-order valence-corrected chi connectivity index (χ0v) is 18.4. The summed E-state index contributed by atoms with van der Waals surface area (Å²) in [7, 11) is -0.778. The van der Waals surface area contributed by atoms with Gasteiger partial charge in [0.05, 0.1) is 30.1 Å². The van der Waals surface area contributed by atoms with Crippen molar-refractivity contribution in [3.63, 3.8) is 0 Å². The summed E-state index contributed by atoms with van der Waals surface area (Å²) in [5, 5.41) is 3.19. The average molecular weight is 451 g/mol. The molecule has 4 aromatic rings. The Hall–Kier alpha value is -3.85. The van der Waals surface area contributed by atoms with Crippen LogP contribution in [0.4, 0.5) is 11.6 Å². The van der Waals surface area contributed by atoms with Crippen LogP contribution in [-0.4, -0.2) is 32.6 Å². The number of aromatic nitrogens is 2. The summed E-state index contributed by atoms with van der Waals surface area (Å²) < 4.78 is 39.1. The molecule has 0 spiro atoms. The lowest BCUT2D eigenvalue weighted by molar-refractivity contribution is 0.410. The lowest BCUT2D eigenvalue weighted by Crippen LogP contribution is -2.16. The number of benzene rings is 3. The zero-order chi connectivity index (χ0) is 22.6. The van der Waals surface area contributed by atoms with E-state index in [1.165, 1.54) is 19.2 Å². The molecule has 0 saturated carbocycles. The second-order valence-electron chi connectivity index (χ2n) is 6.86. The molecule has 3 aromatic carbocycles. The van der Waals surface area contributed by atoms with Crippen molar-refractivity contribution in [1.29, 1.82) is 0 Å². The van der Waals surface area contributed by atoms with Gasteiger partial charge in [-0.2, -0.15) is 0 Å². The minimum absolute atomic E-state index is 0.0870. The number of hydrogen-bond acceptors (Lipinski definition) is 7. The topological polar surface area (TPSA) is 102 Å². The molecule has 8 nitrogen and oxygen atoms in total. The Morgan fingerprint density at radius 2 is 1.41 bits per heavy atom. The lowest BCUT2D eigenvalue weighted by atomic mass is 10.2. The van der Waals surface area contributed by atoms with Crippen molar-refractivity contribution in [2.24, 2.45) is 0 Å². The second-order valence-corrected chi connectivity index (χ2v) is 8.54. The third kappa shape index (κ3) is 4.57. The van der Waals surface area contributed by atoms with Gasteiger partial charge in [-0.05, 0) is 42.5 Å². The number of nitrogens with zero attached hydrogens (tertiary/aromatic N) is 2. The molecule has 0 fully saturated rings. The SMILES string of the molecule is COc1ccc(S(=O)(=O)Nc2nc3ccccc3nc2NCc2ccccc2OC)cc1. The normalized spacial score (nSPS) is 11.2. The van der Waals surface area contributed by atoms with Crippen molar-refractivity contribution in [2.45, 2.75) is 11.4 Å². The highest BCUT2D eigenvalue weighted by Crippen LogP contribution is 2.26. The van der Waals surface area contributed by atoms with Crippen LogP contribution in [-0.2, 0) is 16.6 Å². The van der Waals surface area contributed by atoms with E-state index in [-0.39, 0.29) is 10.7 Å². The first-order chi connectivity index (χ1) is 15.5. The average Bonchev–Trinajstić information content (AvgIpc) is 2.82. The van der Waals surface area contributed by atoms with Crippen LogP contribution in [0.5, 0.6) is 11.5 Å². The summed E-state index contributed by atoms with van der Waals surface area (Å²) in [6, 6.07) is 20.9. The molecular weight excluding hydrogens is 428 g/mol. The van der Waals surface area contributed by atoms with Crippen LogP contribution in [0.1, 0.15) is 5.56 Å². The number of rotatable bonds is 8. The van der Waals surface area contributed by atoms with E-state index in [0.29, 0.717) is 34.9 Å². The van der Waals surface area contributed by atoms with Gasteiger partial charge < -0.3 is 14.8 Å². The fourth-order valence-electron chi connectivity index (χ4n) is 3.16.